The molecular weight excluding hydrogens is 304 g/mol. The van der Waals surface area contributed by atoms with Crippen molar-refractivity contribution in [3.8, 4) is 0 Å². The van der Waals surface area contributed by atoms with E-state index >= 15 is 0 Å². The Morgan fingerprint density at radius 1 is 0.619 bits per heavy atom. The standard InChI is InChI=1S/C18H36O2.Fe/c1-2-3-4-5-6-7-8-9-10-11-12-13-14-15-16-17-18(19)20;/h2-17H2,1H3,(H,19,20);/q;+1/p-1. The van der Waals surface area contributed by atoms with E-state index in [4.69, 9.17) is 0 Å². The van der Waals surface area contributed by atoms with Gasteiger partial charge in [-0.05, 0) is 12.8 Å². The van der Waals surface area contributed by atoms with Crippen molar-refractivity contribution in [1.29, 1.82) is 0 Å². The molecule has 1 radical (unpaired) electrons. The van der Waals surface area contributed by atoms with E-state index in [0.29, 0.717) is 0 Å². The fourth-order valence-electron chi connectivity index (χ4n) is 2.64. The first-order valence-corrected chi connectivity index (χ1v) is 8.97. The first kappa shape index (κ1) is 23.3. The maximum absolute atomic E-state index is 10.2. The molecule has 0 aromatic heterocycles. The molecule has 0 aliphatic carbocycles. The molecule has 0 N–H and O–H groups in total. The smallest absolute Gasteiger partial charge is 0.550 e. The summed E-state index contributed by atoms with van der Waals surface area (Å²) in [5.74, 6) is -0.903. The van der Waals surface area contributed by atoms with Crippen molar-refractivity contribution in [1.82, 2.24) is 0 Å². The second kappa shape index (κ2) is 20.0. The number of carboxylic acids is 1. The van der Waals surface area contributed by atoms with Gasteiger partial charge in [-0.25, -0.2) is 0 Å². The monoisotopic (exact) mass is 339 g/mol. The van der Waals surface area contributed by atoms with Gasteiger partial charge in [-0.15, -0.1) is 0 Å². The molecular formula is C18H35FeO2. The molecule has 0 saturated heterocycles. The minimum Gasteiger partial charge on any atom is -0.550 e. The van der Waals surface area contributed by atoms with E-state index in [-0.39, 0.29) is 23.5 Å². The third-order valence-electron chi connectivity index (χ3n) is 3.98. The predicted octanol–water partition coefficient (Wildman–Crippen LogP) is 5.00. The van der Waals surface area contributed by atoms with Crippen LogP contribution in [0, 0.1) is 0 Å². The van der Waals surface area contributed by atoms with Gasteiger partial charge in [0.15, 0.2) is 0 Å². The summed E-state index contributed by atoms with van der Waals surface area (Å²) in [5.41, 5.74) is 0. The van der Waals surface area contributed by atoms with Crippen LogP contribution in [0.1, 0.15) is 110 Å². The number of hydrogen-bond acceptors (Lipinski definition) is 2. The van der Waals surface area contributed by atoms with Gasteiger partial charge in [0.05, 0.1) is 0 Å². The van der Waals surface area contributed by atoms with Crippen molar-refractivity contribution in [3.05, 3.63) is 0 Å². The first-order valence-electron chi connectivity index (χ1n) is 8.97. The average molecular weight is 339 g/mol. The Morgan fingerprint density at radius 2 is 0.905 bits per heavy atom. The molecule has 0 rings (SSSR count). The quantitative estimate of drug-likeness (QED) is 0.293. The largest absolute Gasteiger partial charge is 1.00 e. The number of carboxylic acid groups (broad SMARTS) is 1. The summed E-state index contributed by atoms with van der Waals surface area (Å²) in [6.07, 6.45) is 19.9. The molecule has 0 aromatic rings. The molecule has 3 heteroatoms. The van der Waals surface area contributed by atoms with Crippen LogP contribution in [0.15, 0.2) is 0 Å². The van der Waals surface area contributed by atoms with Crippen LogP contribution >= 0.6 is 0 Å². The molecule has 0 heterocycles. The second-order valence-electron chi connectivity index (χ2n) is 6.07. The van der Waals surface area contributed by atoms with Crippen molar-refractivity contribution in [2.75, 3.05) is 0 Å². The van der Waals surface area contributed by atoms with Crippen LogP contribution in [0.2, 0.25) is 0 Å². The zero-order valence-electron chi connectivity index (χ0n) is 14.0. The molecule has 0 fully saturated rings. The molecule has 0 saturated carbocycles. The summed E-state index contributed by atoms with van der Waals surface area (Å²) in [7, 11) is 0. The van der Waals surface area contributed by atoms with E-state index in [0.717, 1.165) is 12.8 Å². The molecule has 0 atom stereocenters. The van der Waals surface area contributed by atoms with Crippen LogP contribution in [0.3, 0.4) is 0 Å². The maximum Gasteiger partial charge on any atom is 1.00 e. The summed E-state index contributed by atoms with van der Waals surface area (Å²) in [5, 5.41) is 10.2. The Labute approximate surface area is 142 Å². The van der Waals surface area contributed by atoms with E-state index < -0.39 is 5.97 Å². The predicted molar refractivity (Wildman–Crippen MR) is 84.6 cm³/mol. The molecule has 0 bridgehead atoms. The molecule has 2 nitrogen and oxygen atoms in total. The SMILES string of the molecule is CCCCCCCCCCCCCCCCCC(=O)[O-].[Fe+]. The molecule has 0 aliphatic rings. The molecule has 0 aromatic carbocycles. The van der Waals surface area contributed by atoms with Gasteiger partial charge in [0, 0.05) is 5.97 Å². The van der Waals surface area contributed by atoms with Gasteiger partial charge in [-0.2, -0.15) is 0 Å². The van der Waals surface area contributed by atoms with Gasteiger partial charge < -0.3 is 9.90 Å². The van der Waals surface area contributed by atoms with E-state index in [1.54, 1.807) is 0 Å². The Kier molecular flexibility index (Phi) is 22.1. The molecule has 0 spiro atoms. The van der Waals surface area contributed by atoms with E-state index in [1.807, 2.05) is 0 Å². The maximum atomic E-state index is 10.2. The Hall–Kier alpha value is -0.0105. The third-order valence-corrected chi connectivity index (χ3v) is 3.98. The second-order valence-corrected chi connectivity index (χ2v) is 6.07. The van der Waals surface area contributed by atoms with Gasteiger partial charge in [0.2, 0.25) is 0 Å². The Morgan fingerprint density at radius 3 is 1.19 bits per heavy atom. The van der Waals surface area contributed by atoms with Crippen LogP contribution in [0.5, 0.6) is 0 Å². The fourth-order valence-corrected chi connectivity index (χ4v) is 2.64. The van der Waals surface area contributed by atoms with Gasteiger partial charge in [-0.1, -0.05) is 96.8 Å². The number of unbranched alkanes of at least 4 members (excludes halogenated alkanes) is 14. The zero-order chi connectivity index (χ0) is 14.9. The van der Waals surface area contributed by atoms with Crippen LogP contribution in [0.4, 0.5) is 0 Å². The minimum atomic E-state index is -0.903. The first-order chi connectivity index (χ1) is 9.77. The average Bonchev–Trinajstić information content (AvgIpc) is 2.43. The van der Waals surface area contributed by atoms with Gasteiger partial charge in [0.1, 0.15) is 0 Å². The van der Waals surface area contributed by atoms with Crippen molar-refractivity contribution in [2.24, 2.45) is 0 Å². The van der Waals surface area contributed by atoms with Gasteiger partial charge in [-0.3, -0.25) is 0 Å². The van der Waals surface area contributed by atoms with Crippen molar-refractivity contribution in [3.63, 3.8) is 0 Å². The molecule has 0 amide bonds. The molecule has 0 aliphatic heterocycles. The van der Waals surface area contributed by atoms with E-state index in [1.165, 1.54) is 83.5 Å². The zero-order valence-corrected chi connectivity index (χ0v) is 15.1. The minimum absolute atomic E-state index is 0. The molecule has 21 heavy (non-hydrogen) atoms. The van der Waals surface area contributed by atoms with Crippen molar-refractivity contribution < 1.29 is 27.0 Å². The summed E-state index contributed by atoms with van der Waals surface area (Å²) >= 11 is 0. The van der Waals surface area contributed by atoms with Crippen LogP contribution in [-0.4, -0.2) is 5.97 Å². The molecule has 0 unspecified atom stereocenters. The summed E-state index contributed by atoms with van der Waals surface area (Å²) < 4.78 is 0. The van der Waals surface area contributed by atoms with Crippen LogP contribution in [-0.2, 0) is 21.9 Å². The number of rotatable bonds is 16. The fraction of sp³-hybridized carbons (Fsp3) is 0.944. The number of carbonyl (C=O) groups is 1. The molecule has 127 valence electrons. The summed E-state index contributed by atoms with van der Waals surface area (Å²) in [6.45, 7) is 2.27. The van der Waals surface area contributed by atoms with Gasteiger partial charge >= 0.3 is 17.1 Å². The van der Waals surface area contributed by atoms with Crippen LogP contribution in [0.25, 0.3) is 0 Å². The normalized spacial score (nSPS) is 10.3. The summed E-state index contributed by atoms with van der Waals surface area (Å²) in [6, 6.07) is 0. The van der Waals surface area contributed by atoms with Crippen molar-refractivity contribution >= 4 is 5.97 Å². The number of aliphatic carboxylic acids is 1. The van der Waals surface area contributed by atoms with Gasteiger partial charge in [0.25, 0.3) is 0 Å². The number of hydrogen-bond donors (Lipinski definition) is 0. The Bertz CT molecular complexity index is 207. The third kappa shape index (κ3) is 22.4. The number of carbonyl (C=O) groups excluding carboxylic acids is 1. The Balaban J connectivity index is 0. The van der Waals surface area contributed by atoms with Crippen molar-refractivity contribution in [2.45, 2.75) is 110 Å². The topological polar surface area (TPSA) is 40.1 Å². The summed E-state index contributed by atoms with van der Waals surface area (Å²) in [4.78, 5) is 10.2. The van der Waals surface area contributed by atoms with E-state index in [2.05, 4.69) is 6.92 Å². The van der Waals surface area contributed by atoms with Crippen LogP contribution < -0.4 is 5.11 Å². The van der Waals surface area contributed by atoms with E-state index in [9.17, 15) is 9.90 Å².